The van der Waals surface area contributed by atoms with E-state index in [9.17, 15) is 97.2 Å². The molecule has 784 valence electrons. The highest BCUT2D eigenvalue weighted by Gasteiger charge is 2.58. The number of halogens is 17. The highest BCUT2D eigenvalue weighted by molar-refractivity contribution is 7.90. The molecule has 8 aromatic carbocycles. The number of fused-ring (bicyclic) bond motifs is 4. The Morgan fingerprint density at radius 3 is 0.980 bits per heavy atom. The average molecular weight is 2290 g/mol. The molecule has 5 atom stereocenters. The molecule has 4 aromatic heterocycles. The van der Waals surface area contributed by atoms with Crippen LogP contribution in [0, 0.1) is 11.3 Å². The predicted molar refractivity (Wildman–Crippen MR) is 528 cm³/mol. The molecular weight excluding hydrogens is 2210 g/mol. The molecule has 148 heavy (non-hydrogen) atoms. The van der Waals surface area contributed by atoms with E-state index in [1.54, 1.807) is 70.2 Å². The van der Waals surface area contributed by atoms with Crippen molar-refractivity contribution in [3.8, 4) is 23.3 Å². The highest BCUT2D eigenvalue weighted by atomic mass is 35.5. The fourth-order valence-electron chi connectivity index (χ4n) is 17.0. The van der Waals surface area contributed by atoms with Crippen LogP contribution in [0.4, 0.5) is 86.1 Å². The van der Waals surface area contributed by atoms with E-state index in [4.69, 9.17) is 109 Å². The van der Waals surface area contributed by atoms with E-state index in [0.29, 0.717) is 38.0 Å². The molecule has 17 rings (SSSR count). The number of imidazole rings is 4. The summed E-state index contributed by atoms with van der Waals surface area (Å²) in [4.78, 5) is 89.3. The van der Waals surface area contributed by atoms with Crippen LogP contribution >= 0.6 is 92.8 Å². The summed E-state index contributed by atoms with van der Waals surface area (Å²) in [6, 6.07) is 40.3. The van der Waals surface area contributed by atoms with Crippen LogP contribution in [0.1, 0.15) is 76.3 Å². The Morgan fingerprint density at radius 1 is 0.446 bits per heavy atom. The zero-order chi connectivity index (χ0) is 108. The molecule has 0 radical (unpaired) electrons. The van der Waals surface area contributed by atoms with Gasteiger partial charge in [0.2, 0.25) is 29.7 Å². The third-order valence-corrected chi connectivity index (χ3v) is 32.3. The average Bonchev–Trinajstić information content (AvgIpc) is 1.56. The Hall–Kier alpha value is -11.9. The van der Waals surface area contributed by atoms with E-state index in [2.05, 4.69) is 49.7 Å². The van der Waals surface area contributed by atoms with E-state index in [1.165, 1.54) is 173 Å². The van der Waals surface area contributed by atoms with E-state index in [-0.39, 0.29) is 157 Å². The number of hydrogen-bond acceptors (Lipinski definition) is 22. The van der Waals surface area contributed by atoms with Gasteiger partial charge in [0.15, 0.2) is 20.1 Å². The van der Waals surface area contributed by atoms with Gasteiger partial charge in [0.1, 0.15) is 39.4 Å². The van der Waals surface area contributed by atoms with Crippen molar-refractivity contribution in [1.82, 2.24) is 56.3 Å². The quantitative estimate of drug-likeness (QED) is 0.0402. The molecule has 0 bridgehead atoms. The summed E-state index contributed by atoms with van der Waals surface area (Å²) in [7, 11) is -15.1. The van der Waals surface area contributed by atoms with Gasteiger partial charge >= 0.3 is 19.1 Å². The largest absolute Gasteiger partial charge is 0.573 e. The number of carbonyl (C=O) groups excluding carboxylic acids is 5. The van der Waals surface area contributed by atoms with E-state index in [0.717, 1.165) is 59.3 Å². The minimum Gasteiger partial charge on any atom is -0.406 e. The molecule has 5 aliphatic rings. The number of carbonyl (C=O) groups is 5. The first-order valence-electron chi connectivity index (χ1n) is 43.5. The summed E-state index contributed by atoms with van der Waals surface area (Å²) in [6.07, 6.45) is -10.1. The van der Waals surface area contributed by atoms with Crippen LogP contribution in [0.3, 0.4) is 0 Å². The van der Waals surface area contributed by atoms with Gasteiger partial charge in [0, 0.05) is 99.1 Å². The van der Waals surface area contributed by atoms with E-state index < -0.39 is 133 Å². The molecule has 5 amide bonds. The van der Waals surface area contributed by atoms with Crippen LogP contribution < -0.4 is 49.0 Å². The third kappa shape index (κ3) is 23.2. The molecule has 12 aromatic rings. The lowest BCUT2D eigenvalue weighted by Gasteiger charge is -2.30. The molecule has 56 heteroatoms. The summed E-state index contributed by atoms with van der Waals surface area (Å²) in [5.41, 5.74) is 2.82. The van der Waals surface area contributed by atoms with Gasteiger partial charge in [0.25, 0.3) is 63.7 Å². The van der Waals surface area contributed by atoms with Crippen LogP contribution in [-0.2, 0) is 117 Å². The number of primary amides is 1. The van der Waals surface area contributed by atoms with Crippen LogP contribution in [0.5, 0.6) is 17.2 Å². The van der Waals surface area contributed by atoms with E-state index >= 15 is 0 Å². The second kappa shape index (κ2) is 42.5. The topological polar surface area (TPSA) is 423 Å². The van der Waals surface area contributed by atoms with Gasteiger partial charge < -0.3 is 24.7 Å². The minimum atomic E-state index is -4.89. The number of hydrogen-bond donors (Lipinski definition) is 3. The van der Waals surface area contributed by atoms with Gasteiger partial charge in [-0.05, 0) is 178 Å². The van der Waals surface area contributed by atoms with Crippen LogP contribution in [0.25, 0.3) is 0 Å². The monoisotopic (exact) mass is 2290 g/mol. The fraction of sp³-hybridized carbons (Fsp3) is 0.283. The van der Waals surface area contributed by atoms with Crippen molar-refractivity contribution in [2.75, 3.05) is 66.0 Å². The number of rotatable bonds is 27. The Kier molecular flexibility index (Phi) is 32.1. The molecule has 1 fully saturated rings. The van der Waals surface area contributed by atoms with Gasteiger partial charge in [-0.15, -0.1) is 39.5 Å². The standard InChI is InChI=1S/C24H21Cl2F3N4O5S.C23H20Cl2F3N5O5S.C23H21Cl2N5O3S.C22H19Cl2F3N4O4S/c1-23(13-15-2-4-19(5-3-15)38-24(27,28)29)21(34)32(18-11-16(25)10-17(26)12-18)22-30-14-20(33(22)23)39(35,36)31-6-8-37-9-7-31;1-12(19(29)34)31-39(36,37)18-11-30-21-32(16-8-14(24)7-15(25)9-16)20(35)22(2,33(18)21)10-13-3-5-17(6-4-13)38-23(26,27)28;1-4-28(3)34(32,33)20-14-27-22-29(19-10-17(24)9-18(25)11-19)21(31)23(2,30(20)22)12-15-5-7-16(13-26)8-6-15;1-3-29-36(33,34)18-12-28-20-30(16-9-14(23)8-15(24)10-16)19(32)21(2,31(18)20)11-13-4-6-17(7-5-13)35-22(25,26)27/h2-5,10-12,14H,6-9,13H2,1H3;3-9,11-12,31H,10H2,1-2H3,(H2,29,34);5-11,14H,4,12H2,1-3H3;4-10,12,29H,3,11H2,1-2H3/t23-;12-,22+;23-;21-/m1011/s1. The number of ether oxygens (including phenoxy) is 4. The summed E-state index contributed by atoms with van der Waals surface area (Å²) in [5.74, 6) is -4.22. The maximum absolute atomic E-state index is 14.1. The maximum Gasteiger partial charge on any atom is 0.573 e. The fourth-order valence-corrected chi connectivity index (χ4v) is 24.7. The van der Waals surface area contributed by atoms with Crippen molar-refractivity contribution in [3.05, 3.63) is 263 Å². The molecule has 35 nitrogen and oxygen atoms in total. The van der Waals surface area contributed by atoms with Crippen LogP contribution in [-0.4, -0.2) is 182 Å². The second-order valence-corrected chi connectivity index (χ2v) is 45.1. The van der Waals surface area contributed by atoms with Crippen molar-refractivity contribution in [2.45, 2.75) is 142 Å². The Bertz CT molecular complexity index is 7670. The lowest BCUT2D eigenvalue weighted by molar-refractivity contribution is -0.275. The first-order valence-corrected chi connectivity index (χ1v) is 52.4. The smallest absolute Gasteiger partial charge is 0.406 e. The summed E-state index contributed by atoms with van der Waals surface area (Å²) >= 11 is 49.3. The number of anilines is 8. The third-order valence-electron chi connectivity index (χ3n) is 23.8. The first-order chi connectivity index (χ1) is 69.1. The van der Waals surface area contributed by atoms with Gasteiger partial charge in [-0.1, -0.05) is 155 Å². The Morgan fingerprint density at radius 2 is 0.709 bits per heavy atom. The number of benzene rings is 8. The molecule has 1 saturated heterocycles. The number of morpholine rings is 1. The predicted octanol–water partition coefficient (Wildman–Crippen LogP) is 18.0. The molecular formula is C92H81Cl8F9N18O17S4. The summed E-state index contributed by atoms with van der Waals surface area (Å²) < 4.78 is 249. The van der Waals surface area contributed by atoms with Gasteiger partial charge in [-0.25, -0.2) is 77.9 Å². The first kappa shape index (κ1) is 112. The molecule has 0 aliphatic carbocycles. The number of nitrogens with one attached hydrogen (secondary N) is 2. The molecule has 0 spiro atoms. The number of aromatic nitrogens is 8. The van der Waals surface area contributed by atoms with E-state index in [1.807, 2.05) is 0 Å². The lowest BCUT2D eigenvalue weighted by Crippen LogP contribution is -2.45. The molecule has 9 heterocycles. The van der Waals surface area contributed by atoms with Crippen molar-refractivity contribution in [1.29, 1.82) is 5.26 Å². The van der Waals surface area contributed by atoms with Gasteiger partial charge in [0.05, 0.1) is 78.4 Å². The second-order valence-electron chi connectivity index (χ2n) is 34.4. The number of amides is 5. The normalized spacial score (nSPS) is 18.6. The van der Waals surface area contributed by atoms with Crippen LogP contribution in [0.15, 0.2) is 215 Å². The SMILES string of the molecule is CCN(C)S(=O)(=O)c1cnc2n1[C@](C)(Cc1ccc(C#N)cc1)C(=O)N2c1cc(Cl)cc(Cl)c1.CCNS(=O)(=O)c1cnc2n1[C@](C)(Cc1ccc(OC(F)(F)F)cc1)C(=O)N2c1cc(Cl)cc(Cl)c1.C[C@@]1(Cc2ccc(OC(F)(F)F)cc2)C(=O)N(c2cc(Cl)cc(Cl)c2)c2ncc(S(=O)(=O)N3CCOCC3)n21.C[C@H](NS(=O)(=O)c1cnc2n1[C@](C)(Cc1ccc(OC(F)(F)F)cc1)C(=O)N2c1cc(Cl)cc(Cl)c1)C(N)=O. The maximum atomic E-state index is 14.1. The van der Waals surface area contributed by atoms with Crippen molar-refractivity contribution in [3.63, 3.8) is 0 Å². The van der Waals surface area contributed by atoms with Gasteiger partial charge in [-0.3, -0.25) is 42.2 Å². The molecule has 0 unspecified atom stereocenters. The Labute approximate surface area is 879 Å². The van der Waals surface area contributed by atoms with Crippen molar-refractivity contribution in [2.24, 2.45) is 5.73 Å². The number of nitriles is 1. The zero-order valence-corrected chi connectivity index (χ0v) is 87.2. The summed E-state index contributed by atoms with van der Waals surface area (Å²) in [6.45, 7) is 11.8. The Balaban J connectivity index is 0.000000156. The van der Waals surface area contributed by atoms with Crippen LogP contribution in [0.2, 0.25) is 40.2 Å². The zero-order valence-electron chi connectivity index (χ0n) is 77.9. The summed E-state index contributed by atoms with van der Waals surface area (Å²) in [5, 5.41) is 10.1. The van der Waals surface area contributed by atoms with Crippen molar-refractivity contribution >= 4 is 209 Å². The number of nitrogens with zero attached hydrogens (tertiary/aromatic N) is 15. The van der Waals surface area contributed by atoms with Crippen molar-refractivity contribution < 1.29 is 116 Å². The molecule has 5 aliphatic heterocycles. The number of alkyl halides is 9. The number of nitrogens with two attached hydrogens (primary N) is 1. The number of sulfonamides is 4. The molecule has 4 N–H and O–H groups in total. The minimum absolute atomic E-state index is 0.0225. The highest BCUT2D eigenvalue weighted by Crippen LogP contribution is 2.52. The van der Waals surface area contributed by atoms with Gasteiger partial charge in [-0.2, -0.15) is 18.6 Å². The lowest BCUT2D eigenvalue weighted by atomic mass is 9.91. The molecule has 0 saturated carbocycles.